The summed E-state index contributed by atoms with van der Waals surface area (Å²) in [5.41, 5.74) is 4.31. The fraction of sp³-hybridized carbons (Fsp3) is 0.323. The van der Waals surface area contributed by atoms with Crippen LogP contribution in [0.3, 0.4) is 0 Å². The van der Waals surface area contributed by atoms with Crippen molar-refractivity contribution < 1.29 is 19.5 Å². The van der Waals surface area contributed by atoms with Crippen molar-refractivity contribution in [3.05, 3.63) is 100 Å². The number of carboxylic acid groups (broad SMARTS) is 1. The Morgan fingerprint density at radius 3 is 1.78 bits per heavy atom. The molecule has 3 aromatic rings. The summed E-state index contributed by atoms with van der Waals surface area (Å²) >= 11 is 0. The van der Waals surface area contributed by atoms with Crippen LogP contribution in [0.4, 0.5) is 5.69 Å². The summed E-state index contributed by atoms with van der Waals surface area (Å²) in [4.78, 5) is 37.1. The molecule has 3 rings (SSSR count). The number of benzene rings is 3. The maximum Gasteiger partial charge on any atom is 0.336 e. The van der Waals surface area contributed by atoms with E-state index in [1.54, 1.807) is 18.2 Å². The number of amides is 2. The van der Waals surface area contributed by atoms with Gasteiger partial charge in [0.05, 0.1) is 17.5 Å². The van der Waals surface area contributed by atoms with Gasteiger partial charge in [-0.15, -0.1) is 0 Å². The number of carboxylic acids is 1. The van der Waals surface area contributed by atoms with Crippen molar-refractivity contribution in [3.63, 3.8) is 0 Å². The summed E-state index contributed by atoms with van der Waals surface area (Å²) in [6.07, 6.45) is 0.809. The fourth-order valence-electron chi connectivity index (χ4n) is 3.99. The van der Waals surface area contributed by atoms with Gasteiger partial charge in [-0.1, -0.05) is 63.2 Å². The van der Waals surface area contributed by atoms with Crippen molar-refractivity contribution >= 4 is 23.5 Å². The van der Waals surface area contributed by atoms with Crippen LogP contribution in [0.1, 0.15) is 84.5 Å². The van der Waals surface area contributed by atoms with Crippen LogP contribution in [0.15, 0.2) is 66.7 Å². The Morgan fingerprint density at radius 1 is 0.730 bits per heavy atom. The van der Waals surface area contributed by atoms with Crippen LogP contribution in [0, 0.1) is 0 Å². The van der Waals surface area contributed by atoms with Crippen LogP contribution in [0.2, 0.25) is 0 Å². The molecule has 2 amide bonds. The minimum Gasteiger partial charge on any atom is -0.478 e. The molecule has 0 fully saturated rings. The van der Waals surface area contributed by atoms with Gasteiger partial charge in [-0.25, -0.2) is 4.79 Å². The van der Waals surface area contributed by atoms with Gasteiger partial charge >= 0.3 is 5.97 Å². The first-order valence-corrected chi connectivity index (χ1v) is 12.4. The molecule has 0 aliphatic rings. The lowest BCUT2D eigenvalue weighted by molar-refractivity contribution is -0.121. The minimum absolute atomic E-state index is 0.0107. The first-order valence-electron chi connectivity index (χ1n) is 12.4. The van der Waals surface area contributed by atoms with Crippen molar-refractivity contribution in [2.45, 2.75) is 65.3 Å². The van der Waals surface area contributed by atoms with E-state index < -0.39 is 11.9 Å². The predicted molar refractivity (Wildman–Crippen MR) is 147 cm³/mol. The van der Waals surface area contributed by atoms with Crippen molar-refractivity contribution in [1.29, 1.82) is 0 Å². The highest BCUT2D eigenvalue weighted by Gasteiger charge is 2.20. The molecular formula is C31H36N2O4. The number of hydrogen-bond donors (Lipinski definition) is 3. The number of anilines is 1. The molecule has 0 unspecified atom stereocenters. The number of hydrogen-bond acceptors (Lipinski definition) is 3. The average Bonchev–Trinajstić information content (AvgIpc) is 2.78. The van der Waals surface area contributed by atoms with E-state index in [1.807, 2.05) is 32.9 Å². The molecule has 6 nitrogen and oxygen atoms in total. The zero-order valence-corrected chi connectivity index (χ0v) is 22.4. The van der Waals surface area contributed by atoms with Gasteiger partial charge in [0.15, 0.2) is 0 Å². The quantitative estimate of drug-likeness (QED) is 0.372. The monoisotopic (exact) mass is 500 g/mol. The molecular weight excluding hydrogens is 464 g/mol. The van der Waals surface area contributed by atoms with Crippen molar-refractivity contribution in [2.75, 3.05) is 5.32 Å². The van der Waals surface area contributed by atoms with E-state index in [1.165, 1.54) is 23.3 Å². The fourth-order valence-corrected chi connectivity index (χ4v) is 3.99. The predicted octanol–water partition coefficient (Wildman–Crippen LogP) is 5.98. The Hall–Kier alpha value is -3.93. The molecule has 3 N–H and O–H groups in total. The van der Waals surface area contributed by atoms with Crippen molar-refractivity contribution in [3.8, 4) is 0 Å². The normalized spacial score (nSPS) is 11.6. The van der Waals surface area contributed by atoms with Crippen LogP contribution in [0.25, 0.3) is 0 Å². The van der Waals surface area contributed by atoms with E-state index >= 15 is 0 Å². The van der Waals surface area contributed by atoms with E-state index in [4.69, 9.17) is 0 Å². The van der Waals surface area contributed by atoms with E-state index in [9.17, 15) is 19.5 Å². The maximum atomic E-state index is 13.0. The molecule has 0 heterocycles. The number of carbonyl (C=O) groups is 3. The Bertz CT molecular complexity index is 1280. The van der Waals surface area contributed by atoms with Crippen LogP contribution in [-0.2, 0) is 23.1 Å². The van der Waals surface area contributed by atoms with Crippen LogP contribution in [0.5, 0.6) is 0 Å². The molecule has 0 radical (unpaired) electrons. The third kappa shape index (κ3) is 8.04. The second-order valence-electron chi connectivity index (χ2n) is 11.4. The molecule has 3 aromatic carbocycles. The summed E-state index contributed by atoms with van der Waals surface area (Å²) in [5, 5.41) is 15.2. The minimum atomic E-state index is -1.20. The first kappa shape index (κ1) is 27.7. The van der Waals surface area contributed by atoms with Crippen molar-refractivity contribution in [2.24, 2.45) is 0 Å². The molecule has 0 spiro atoms. The number of carbonyl (C=O) groups excluding carboxylic acids is 2. The van der Waals surface area contributed by atoms with Crippen molar-refractivity contribution in [1.82, 2.24) is 5.32 Å². The van der Waals surface area contributed by atoms with Gasteiger partial charge < -0.3 is 15.7 Å². The Kier molecular flexibility index (Phi) is 8.22. The standard InChI is InChI=1S/C31H36N2O4/c1-30(2,3)23-12-7-20(8-13-23)17-21-9-14-24(15-10-21)32-28(35)26-18-22(11-16-25(26)29(36)37)19-27(34)33-31(4,5)6/h7-16,18H,17,19H2,1-6H3,(H,32,35)(H,33,34)(H,36,37). The highest BCUT2D eigenvalue weighted by atomic mass is 16.4. The molecule has 37 heavy (non-hydrogen) atoms. The van der Waals surface area contributed by atoms with Gasteiger partial charge in [0.1, 0.15) is 0 Å². The SMILES string of the molecule is CC(C)(C)NC(=O)Cc1ccc(C(=O)O)c(C(=O)Nc2ccc(Cc3ccc(C(C)(C)C)cc3)cc2)c1. The van der Waals surface area contributed by atoms with E-state index in [0.29, 0.717) is 11.3 Å². The molecule has 6 heteroatoms. The van der Waals surface area contributed by atoms with Gasteiger partial charge in [0, 0.05) is 11.2 Å². The topological polar surface area (TPSA) is 95.5 Å². The first-order chi connectivity index (χ1) is 17.2. The van der Waals surface area contributed by atoms with Crippen LogP contribution in [-0.4, -0.2) is 28.4 Å². The van der Waals surface area contributed by atoms with Gasteiger partial charge in [0.2, 0.25) is 5.91 Å². The second-order valence-corrected chi connectivity index (χ2v) is 11.4. The lowest BCUT2D eigenvalue weighted by atomic mass is 9.86. The van der Waals surface area contributed by atoms with Gasteiger partial charge in [0.25, 0.3) is 5.91 Å². The summed E-state index contributed by atoms with van der Waals surface area (Å²) < 4.78 is 0. The summed E-state index contributed by atoms with van der Waals surface area (Å²) in [6, 6.07) is 20.5. The van der Waals surface area contributed by atoms with Crippen LogP contribution < -0.4 is 10.6 Å². The highest BCUT2D eigenvalue weighted by Crippen LogP contribution is 2.23. The molecule has 0 saturated carbocycles. The van der Waals surface area contributed by atoms with E-state index in [-0.39, 0.29) is 34.4 Å². The summed E-state index contributed by atoms with van der Waals surface area (Å²) in [5.74, 6) is -1.95. The van der Waals surface area contributed by atoms with E-state index in [2.05, 4.69) is 55.7 Å². The van der Waals surface area contributed by atoms with Gasteiger partial charge in [-0.05, 0) is 79.1 Å². The molecule has 0 bridgehead atoms. The van der Waals surface area contributed by atoms with Gasteiger partial charge in [-0.2, -0.15) is 0 Å². The Morgan fingerprint density at radius 2 is 1.27 bits per heavy atom. The number of aromatic carboxylic acids is 1. The Balaban J connectivity index is 1.72. The zero-order valence-electron chi connectivity index (χ0n) is 22.4. The third-order valence-electron chi connectivity index (χ3n) is 5.88. The van der Waals surface area contributed by atoms with Gasteiger partial charge in [-0.3, -0.25) is 9.59 Å². The van der Waals surface area contributed by atoms with Crippen LogP contribution >= 0.6 is 0 Å². The summed E-state index contributed by atoms with van der Waals surface area (Å²) in [7, 11) is 0. The smallest absolute Gasteiger partial charge is 0.336 e. The average molecular weight is 501 g/mol. The largest absolute Gasteiger partial charge is 0.478 e. The third-order valence-corrected chi connectivity index (χ3v) is 5.88. The molecule has 0 aliphatic carbocycles. The van der Waals surface area contributed by atoms with E-state index in [0.717, 1.165) is 12.0 Å². The maximum absolute atomic E-state index is 13.0. The molecule has 0 saturated heterocycles. The Labute approximate surface area is 219 Å². The lowest BCUT2D eigenvalue weighted by Crippen LogP contribution is -2.41. The molecule has 194 valence electrons. The molecule has 0 aliphatic heterocycles. The second kappa shape index (κ2) is 11.0. The number of nitrogens with one attached hydrogen (secondary N) is 2. The molecule has 0 aromatic heterocycles. The highest BCUT2D eigenvalue weighted by molar-refractivity contribution is 6.11. The zero-order chi connectivity index (χ0) is 27.4. The number of rotatable bonds is 7. The summed E-state index contributed by atoms with van der Waals surface area (Å²) in [6.45, 7) is 12.2. The lowest BCUT2D eigenvalue weighted by Gasteiger charge is -2.20. The molecule has 0 atom stereocenters.